The van der Waals surface area contributed by atoms with Gasteiger partial charge in [-0.25, -0.2) is 0 Å². The SMILES string of the molecule is CC(C)C1=C2[C@H]3CC[C@@H]4[C@@]5(C)CC[C@H](OC(=O)CC(C)(C)C(=O)OC(C)(C)C)C(C)(C)[C@@H]5CC[C@@]4(C)[C@]3(C)CC[C@@]2(C=O)CC1=O. The van der Waals surface area contributed by atoms with Crippen molar-refractivity contribution in [2.24, 2.45) is 56.2 Å². The summed E-state index contributed by atoms with van der Waals surface area (Å²) in [5.74, 6) is 0.829. The van der Waals surface area contributed by atoms with Gasteiger partial charge in [-0.05, 0) is 137 Å². The van der Waals surface area contributed by atoms with Crippen LogP contribution in [0.1, 0.15) is 147 Å². The van der Waals surface area contributed by atoms with E-state index < -0.39 is 16.4 Å². The molecule has 0 heterocycles. The fourth-order valence-corrected chi connectivity index (χ4v) is 12.0. The van der Waals surface area contributed by atoms with Gasteiger partial charge in [0.1, 0.15) is 18.0 Å². The summed E-state index contributed by atoms with van der Waals surface area (Å²) in [4.78, 5) is 52.4. The van der Waals surface area contributed by atoms with Crippen LogP contribution in [0.4, 0.5) is 0 Å². The normalized spacial score (nSPS) is 40.4. The molecule has 0 aromatic carbocycles. The predicted octanol–water partition coefficient (Wildman–Crippen LogP) is 8.84. The first-order valence-electron chi connectivity index (χ1n) is 18.2. The molecule has 0 radical (unpaired) electrons. The zero-order valence-electron chi connectivity index (χ0n) is 31.0. The van der Waals surface area contributed by atoms with E-state index in [0.29, 0.717) is 18.3 Å². The molecule has 0 aliphatic heterocycles. The summed E-state index contributed by atoms with van der Waals surface area (Å²) in [7, 11) is 0. The number of carbonyl (C=O) groups excluding carboxylic acids is 4. The lowest BCUT2D eigenvalue weighted by atomic mass is 9.33. The van der Waals surface area contributed by atoms with Gasteiger partial charge in [0.2, 0.25) is 0 Å². The molecule has 5 aliphatic carbocycles. The van der Waals surface area contributed by atoms with Gasteiger partial charge in [0.25, 0.3) is 0 Å². The number of ketones is 1. The Morgan fingerprint density at radius 3 is 2.11 bits per heavy atom. The largest absolute Gasteiger partial charge is 0.462 e. The van der Waals surface area contributed by atoms with Gasteiger partial charge in [-0.3, -0.25) is 14.4 Å². The Morgan fingerprint density at radius 2 is 1.52 bits per heavy atom. The molecule has 0 unspecified atom stereocenters. The summed E-state index contributed by atoms with van der Waals surface area (Å²) in [5, 5.41) is 0. The van der Waals surface area contributed by atoms with E-state index in [-0.39, 0.29) is 63.7 Å². The second-order valence-corrected chi connectivity index (χ2v) is 19.4. The molecule has 0 bridgehead atoms. The molecular weight excluding hydrogens is 576 g/mol. The van der Waals surface area contributed by atoms with Gasteiger partial charge < -0.3 is 14.3 Å². The molecule has 46 heavy (non-hydrogen) atoms. The van der Waals surface area contributed by atoms with Crippen LogP contribution in [0.3, 0.4) is 0 Å². The van der Waals surface area contributed by atoms with E-state index >= 15 is 0 Å². The first-order chi connectivity index (χ1) is 21.0. The minimum absolute atomic E-state index is 0.00410. The molecule has 5 aliphatic rings. The van der Waals surface area contributed by atoms with Gasteiger partial charge in [0.15, 0.2) is 5.78 Å². The van der Waals surface area contributed by atoms with Crippen LogP contribution in [0.5, 0.6) is 0 Å². The minimum Gasteiger partial charge on any atom is -0.462 e. The first-order valence-corrected chi connectivity index (χ1v) is 18.2. The third kappa shape index (κ3) is 5.16. The Bertz CT molecular complexity index is 1330. The second kappa shape index (κ2) is 11.0. The second-order valence-electron chi connectivity index (χ2n) is 19.4. The van der Waals surface area contributed by atoms with Crippen molar-refractivity contribution in [3.63, 3.8) is 0 Å². The summed E-state index contributed by atoms with van der Waals surface area (Å²) in [6, 6.07) is 0. The highest BCUT2D eigenvalue weighted by atomic mass is 16.6. The van der Waals surface area contributed by atoms with Crippen molar-refractivity contribution >= 4 is 24.0 Å². The van der Waals surface area contributed by atoms with E-state index in [1.54, 1.807) is 13.8 Å². The number of aldehydes is 1. The molecular formula is C40H62O6. The maximum Gasteiger partial charge on any atom is 0.312 e. The Labute approximate surface area is 278 Å². The monoisotopic (exact) mass is 638 g/mol. The van der Waals surface area contributed by atoms with E-state index in [9.17, 15) is 19.2 Å². The summed E-state index contributed by atoms with van der Waals surface area (Å²) >= 11 is 0. The van der Waals surface area contributed by atoms with E-state index in [4.69, 9.17) is 9.47 Å². The summed E-state index contributed by atoms with van der Waals surface area (Å²) in [6.45, 7) is 25.4. The van der Waals surface area contributed by atoms with Crippen molar-refractivity contribution < 1.29 is 28.7 Å². The highest BCUT2D eigenvalue weighted by Crippen LogP contribution is 2.76. The highest BCUT2D eigenvalue weighted by molar-refractivity contribution is 6.03. The predicted molar refractivity (Wildman–Crippen MR) is 180 cm³/mol. The van der Waals surface area contributed by atoms with Crippen molar-refractivity contribution in [1.29, 1.82) is 0 Å². The standard InChI is InChI=1S/C40H62O6/c1-24(2)31-26(42)21-40(23-41)20-19-38(11)25(32(31)40)13-14-28-37(10)17-16-29(36(8,9)27(37)15-18-39(28,38)12)45-30(43)22-35(6,7)33(44)46-34(3,4)5/h23-25,27-29H,13-22H2,1-12H3/t25-,27+,28-,29+,37+,38-,39-,40+/m1/s1. The fourth-order valence-electron chi connectivity index (χ4n) is 12.0. The molecule has 6 nitrogen and oxygen atoms in total. The highest BCUT2D eigenvalue weighted by Gasteiger charge is 2.70. The van der Waals surface area contributed by atoms with E-state index in [0.717, 1.165) is 63.2 Å². The van der Waals surface area contributed by atoms with Gasteiger partial charge in [0, 0.05) is 11.8 Å². The Kier molecular flexibility index (Phi) is 8.46. The van der Waals surface area contributed by atoms with Crippen LogP contribution in [0, 0.1) is 56.2 Å². The number of ether oxygens (including phenoxy) is 2. The molecule has 0 aromatic rings. The van der Waals surface area contributed by atoms with Crippen LogP contribution in [-0.2, 0) is 28.7 Å². The van der Waals surface area contributed by atoms with Crippen LogP contribution in [0.2, 0.25) is 0 Å². The van der Waals surface area contributed by atoms with E-state index in [1.165, 1.54) is 5.57 Å². The third-order valence-corrected chi connectivity index (χ3v) is 14.5. The molecule has 6 heteroatoms. The van der Waals surface area contributed by atoms with Crippen molar-refractivity contribution in [2.75, 3.05) is 0 Å². The Hall–Kier alpha value is -1.98. The number of Topliss-reactive ketones (excluding diaryl/α,β-unsaturated/α-hetero) is 1. The molecule has 0 saturated heterocycles. The van der Waals surface area contributed by atoms with Crippen LogP contribution < -0.4 is 0 Å². The van der Waals surface area contributed by atoms with Crippen LogP contribution in [-0.4, -0.2) is 35.7 Å². The number of hydrogen-bond acceptors (Lipinski definition) is 6. The van der Waals surface area contributed by atoms with E-state index in [2.05, 4.69) is 48.5 Å². The lowest BCUT2D eigenvalue weighted by Gasteiger charge is -2.72. The lowest BCUT2D eigenvalue weighted by molar-refractivity contribution is -0.233. The number of esters is 2. The first kappa shape index (κ1) is 35.3. The molecule has 258 valence electrons. The van der Waals surface area contributed by atoms with Gasteiger partial charge >= 0.3 is 11.9 Å². The van der Waals surface area contributed by atoms with Crippen molar-refractivity contribution in [3.05, 3.63) is 11.1 Å². The smallest absolute Gasteiger partial charge is 0.312 e. The molecule has 5 rings (SSSR count). The minimum atomic E-state index is -0.964. The van der Waals surface area contributed by atoms with Crippen LogP contribution in [0.25, 0.3) is 0 Å². The van der Waals surface area contributed by atoms with Gasteiger partial charge in [0.05, 0.1) is 17.3 Å². The maximum absolute atomic E-state index is 13.4. The molecule has 4 saturated carbocycles. The number of hydrogen-bond donors (Lipinski definition) is 0. The van der Waals surface area contributed by atoms with Crippen molar-refractivity contribution in [3.8, 4) is 0 Å². The average molecular weight is 639 g/mol. The average Bonchev–Trinajstić information content (AvgIpc) is 3.22. The quantitative estimate of drug-likeness (QED) is 0.213. The zero-order chi connectivity index (χ0) is 34.5. The van der Waals surface area contributed by atoms with Gasteiger partial charge in [-0.2, -0.15) is 0 Å². The Balaban J connectivity index is 1.39. The number of carbonyl (C=O) groups is 4. The van der Waals surface area contributed by atoms with Crippen LogP contribution in [0.15, 0.2) is 11.1 Å². The molecule has 0 spiro atoms. The summed E-state index contributed by atoms with van der Waals surface area (Å²) in [6.07, 6.45) is 9.22. The molecule has 0 amide bonds. The van der Waals surface area contributed by atoms with E-state index in [1.807, 2.05) is 20.8 Å². The molecule has 0 N–H and O–H groups in total. The van der Waals surface area contributed by atoms with Gasteiger partial charge in [-0.15, -0.1) is 0 Å². The summed E-state index contributed by atoms with van der Waals surface area (Å²) < 4.78 is 11.9. The maximum atomic E-state index is 13.4. The zero-order valence-corrected chi connectivity index (χ0v) is 31.0. The molecule has 4 fully saturated rings. The molecule has 0 aromatic heterocycles. The number of rotatable bonds is 6. The van der Waals surface area contributed by atoms with Gasteiger partial charge in [-0.1, -0.05) is 48.5 Å². The number of allylic oxidation sites excluding steroid dienone is 2. The molecule has 8 atom stereocenters. The lowest BCUT2D eigenvalue weighted by Crippen LogP contribution is -2.65. The topological polar surface area (TPSA) is 86.7 Å². The third-order valence-electron chi connectivity index (χ3n) is 14.5. The fraction of sp³-hybridized carbons (Fsp3) is 0.850. The Morgan fingerprint density at radius 1 is 0.870 bits per heavy atom. The number of fused-ring (bicyclic) bond motifs is 7. The van der Waals surface area contributed by atoms with Crippen molar-refractivity contribution in [2.45, 2.75) is 159 Å². The van der Waals surface area contributed by atoms with Crippen LogP contribution >= 0.6 is 0 Å². The summed E-state index contributed by atoms with van der Waals surface area (Å²) in [5.41, 5.74) is 0.0203. The van der Waals surface area contributed by atoms with Crippen molar-refractivity contribution in [1.82, 2.24) is 0 Å².